The largest absolute Gasteiger partial charge is 0.354 e. The van der Waals surface area contributed by atoms with Crippen LogP contribution in [0.5, 0.6) is 0 Å². The number of piperazine rings is 1. The molecule has 0 radical (unpaired) electrons. The van der Waals surface area contributed by atoms with Crippen molar-refractivity contribution in [1.82, 2.24) is 30.0 Å². The van der Waals surface area contributed by atoms with Crippen molar-refractivity contribution in [3.05, 3.63) is 53.6 Å². The highest BCUT2D eigenvalue weighted by Crippen LogP contribution is 2.32. The summed E-state index contributed by atoms with van der Waals surface area (Å²) >= 11 is 1.29. The molecule has 1 aliphatic rings. The number of rotatable bonds is 7. The molecule has 5 rings (SSSR count). The van der Waals surface area contributed by atoms with Crippen LogP contribution < -0.4 is 10.2 Å². The molecular weight excluding hydrogens is 494 g/mol. The summed E-state index contributed by atoms with van der Waals surface area (Å²) in [6.45, 7) is 10.1. The highest BCUT2D eigenvalue weighted by Gasteiger charge is 2.30. The second-order valence-corrected chi connectivity index (χ2v) is 10.9. The van der Waals surface area contributed by atoms with Gasteiger partial charge in [-0.3, -0.25) is 15.0 Å². The van der Waals surface area contributed by atoms with E-state index < -0.39 is 12.2 Å². The molecule has 1 aromatic carbocycles. The first-order valence-corrected chi connectivity index (χ1v) is 13.0. The molecule has 0 atom stereocenters. The number of nitrogens with zero attached hydrogens (tertiary/aromatic N) is 6. The van der Waals surface area contributed by atoms with Crippen LogP contribution in [-0.4, -0.2) is 68.4 Å². The number of halogens is 2. The summed E-state index contributed by atoms with van der Waals surface area (Å²) in [4.78, 5) is 18.8. The Labute approximate surface area is 218 Å². The maximum Gasteiger partial charge on any atom is 0.196 e. The Morgan fingerprint density at radius 3 is 2.49 bits per heavy atom. The molecule has 11 heteroatoms. The van der Waals surface area contributed by atoms with Crippen LogP contribution in [0.4, 0.5) is 26.2 Å². The predicted octanol–water partition coefficient (Wildman–Crippen LogP) is 5.27. The standard InChI is InChI=1S/C26H30F2N8S/c1-16-5-6-18-12-19(13-20(28)24(18)29-16)37-25-31-21(30-22-11-17(2)33-34-22)14-23(32-25)35-7-9-36(10-8-35)26(3,4)15-27/h5-6,11-14H,7-10,15H2,1-4H3,(H2,30,31,32,33,34). The zero-order valence-corrected chi connectivity index (χ0v) is 22.2. The number of aromatic nitrogens is 5. The van der Waals surface area contributed by atoms with E-state index in [2.05, 4.69) is 35.3 Å². The van der Waals surface area contributed by atoms with E-state index in [0.717, 1.165) is 35.7 Å². The van der Waals surface area contributed by atoms with Gasteiger partial charge in [0.25, 0.3) is 0 Å². The molecule has 0 aliphatic carbocycles. The van der Waals surface area contributed by atoms with Gasteiger partial charge in [-0.1, -0.05) is 6.07 Å². The molecule has 0 saturated carbocycles. The lowest BCUT2D eigenvalue weighted by Crippen LogP contribution is -2.55. The maximum atomic E-state index is 14.9. The van der Waals surface area contributed by atoms with E-state index in [1.54, 1.807) is 0 Å². The van der Waals surface area contributed by atoms with Crippen molar-refractivity contribution in [3.63, 3.8) is 0 Å². The molecule has 1 saturated heterocycles. The Bertz CT molecular complexity index is 1420. The number of alkyl halides is 1. The van der Waals surface area contributed by atoms with Gasteiger partial charge in [-0.05, 0) is 57.7 Å². The molecule has 37 heavy (non-hydrogen) atoms. The van der Waals surface area contributed by atoms with Crippen LogP contribution in [0.25, 0.3) is 10.9 Å². The first-order chi connectivity index (χ1) is 17.7. The fourth-order valence-electron chi connectivity index (χ4n) is 4.36. The van der Waals surface area contributed by atoms with Crippen molar-refractivity contribution < 1.29 is 8.78 Å². The van der Waals surface area contributed by atoms with Gasteiger partial charge in [-0.25, -0.2) is 18.7 Å². The minimum Gasteiger partial charge on any atom is -0.354 e. The van der Waals surface area contributed by atoms with E-state index in [4.69, 9.17) is 4.98 Å². The number of nitrogens with one attached hydrogen (secondary N) is 2. The van der Waals surface area contributed by atoms with Gasteiger partial charge in [-0.15, -0.1) is 0 Å². The van der Waals surface area contributed by atoms with Gasteiger partial charge in [0.15, 0.2) is 11.0 Å². The molecule has 2 N–H and O–H groups in total. The number of aromatic amines is 1. The average Bonchev–Trinajstić information content (AvgIpc) is 3.28. The summed E-state index contributed by atoms with van der Waals surface area (Å²) < 4.78 is 28.4. The van der Waals surface area contributed by atoms with Gasteiger partial charge < -0.3 is 10.2 Å². The number of fused-ring (bicyclic) bond motifs is 1. The van der Waals surface area contributed by atoms with Crippen LogP contribution >= 0.6 is 11.8 Å². The fourth-order valence-corrected chi connectivity index (χ4v) is 5.20. The molecule has 8 nitrogen and oxygen atoms in total. The minimum atomic E-state index is -0.489. The van der Waals surface area contributed by atoms with Gasteiger partial charge in [0.1, 0.15) is 29.6 Å². The van der Waals surface area contributed by atoms with Gasteiger partial charge in [0, 0.05) is 59.8 Å². The molecule has 4 heterocycles. The molecule has 0 bridgehead atoms. The van der Waals surface area contributed by atoms with E-state index in [9.17, 15) is 8.78 Å². The normalized spacial score (nSPS) is 14.9. The van der Waals surface area contributed by atoms with Crippen molar-refractivity contribution in [2.24, 2.45) is 0 Å². The van der Waals surface area contributed by atoms with E-state index >= 15 is 0 Å². The molecule has 1 fully saturated rings. The van der Waals surface area contributed by atoms with Gasteiger partial charge >= 0.3 is 0 Å². The quantitative estimate of drug-likeness (QED) is 0.316. The SMILES string of the molecule is Cc1cc(Nc2cc(N3CCN(C(C)(C)CF)CC3)nc(Sc3cc(F)c4nc(C)ccc4c3)n2)[nH]n1. The average molecular weight is 525 g/mol. The van der Waals surface area contributed by atoms with Crippen LogP contribution in [0.1, 0.15) is 25.2 Å². The Morgan fingerprint density at radius 1 is 1.00 bits per heavy atom. The van der Waals surface area contributed by atoms with Crippen LogP contribution in [0, 0.1) is 19.7 Å². The van der Waals surface area contributed by atoms with Crippen molar-refractivity contribution in [1.29, 1.82) is 0 Å². The second kappa shape index (κ2) is 10.2. The van der Waals surface area contributed by atoms with Crippen molar-refractivity contribution >= 4 is 40.1 Å². The molecule has 1 aliphatic heterocycles. The Morgan fingerprint density at radius 2 is 1.78 bits per heavy atom. The smallest absolute Gasteiger partial charge is 0.196 e. The molecule has 3 aromatic heterocycles. The molecule has 0 amide bonds. The number of benzene rings is 1. The third kappa shape index (κ3) is 5.67. The molecule has 194 valence electrons. The fraction of sp³-hybridized carbons (Fsp3) is 0.385. The number of pyridine rings is 1. The second-order valence-electron chi connectivity index (χ2n) is 9.89. The third-order valence-electron chi connectivity index (χ3n) is 6.52. The number of hydrogen-bond acceptors (Lipinski definition) is 8. The third-order valence-corrected chi connectivity index (χ3v) is 7.35. The highest BCUT2D eigenvalue weighted by molar-refractivity contribution is 7.99. The zero-order chi connectivity index (χ0) is 26.2. The van der Waals surface area contributed by atoms with E-state index in [1.807, 2.05) is 58.0 Å². The molecular formula is C26H30F2N8S. The number of aryl methyl sites for hydroxylation is 2. The number of hydrogen-bond donors (Lipinski definition) is 2. The topological polar surface area (TPSA) is 85.9 Å². The van der Waals surface area contributed by atoms with Crippen molar-refractivity contribution in [2.45, 2.75) is 43.3 Å². The zero-order valence-electron chi connectivity index (χ0n) is 21.3. The Balaban J connectivity index is 1.44. The predicted molar refractivity (Wildman–Crippen MR) is 143 cm³/mol. The Hall–Kier alpha value is -3.31. The molecule has 0 unspecified atom stereocenters. The summed E-state index contributed by atoms with van der Waals surface area (Å²) in [7, 11) is 0. The van der Waals surface area contributed by atoms with Gasteiger partial charge in [-0.2, -0.15) is 5.10 Å². The first kappa shape index (κ1) is 25.3. The van der Waals surface area contributed by atoms with Crippen LogP contribution in [0.15, 0.2) is 46.5 Å². The summed E-state index contributed by atoms with van der Waals surface area (Å²) in [5.41, 5.74) is 1.48. The van der Waals surface area contributed by atoms with Crippen LogP contribution in [0.3, 0.4) is 0 Å². The maximum absolute atomic E-state index is 14.9. The summed E-state index contributed by atoms with van der Waals surface area (Å²) in [5, 5.41) is 11.6. The van der Waals surface area contributed by atoms with Gasteiger partial charge in [0.2, 0.25) is 0 Å². The lowest BCUT2D eigenvalue weighted by molar-refractivity contribution is 0.0859. The monoisotopic (exact) mass is 524 g/mol. The van der Waals surface area contributed by atoms with Crippen LogP contribution in [0.2, 0.25) is 0 Å². The van der Waals surface area contributed by atoms with E-state index in [1.165, 1.54) is 17.8 Å². The van der Waals surface area contributed by atoms with Crippen LogP contribution in [-0.2, 0) is 0 Å². The Kier molecular flexibility index (Phi) is 7.00. The summed E-state index contributed by atoms with van der Waals surface area (Å²) in [6, 6.07) is 10.9. The van der Waals surface area contributed by atoms with Crippen molar-refractivity contribution in [2.75, 3.05) is 43.1 Å². The van der Waals surface area contributed by atoms with E-state index in [0.29, 0.717) is 40.3 Å². The minimum absolute atomic E-state index is 0.352. The first-order valence-electron chi connectivity index (χ1n) is 12.2. The number of H-pyrrole nitrogens is 1. The highest BCUT2D eigenvalue weighted by atomic mass is 32.2. The molecule has 0 spiro atoms. The van der Waals surface area contributed by atoms with Crippen molar-refractivity contribution in [3.8, 4) is 0 Å². The summed E-state index contributed by atoms with van der Waals surface area (Å²) in [5.74, 6) is 1.69. The molecule has 4 aromatic rings. The number of anilines is 3. The lowest BCUT2D eigenvalue weighted by atomic mass is 10.0. The summed E-state index contributed by atoms with van der Waals surface area (Å²) in [6.07, 6.45) is 0. The lowest BCUT2D eigenvalue weighted by Gasteiger charge is -2.43. The van der Waals surface area contributed by atoms with E-state index in [-0.39, 0.29) is 5.82 Å². The van der Waals surface area contributed by atoms with Gasteiger partial charge in [0.05, 0.1) is 5.69 Å².